The third-order valence-electron chi connectivity index (χ3n) is 5.69. The van der Waals surface area contributed by atoms with Crippen molar-refractivity contribution in [2.24, 2.45) is 0 Å². The van der Waals surface area contributed by atoms with Crippen LogP contribution in [0.25, 0.3) is 0 Å². The van der Waals surface area contributed by atoms with Gasteiger partial charge in [0, 0.05) is 24.2 Å². The molecule has 3 N–H and O–H groups in total. The zero-order chi connectivity index (χ0) is 26.3. The third kappa shape index (κ3) is 9.18. The molecule has 0 heterocycles. The number of benzene rings is 3. The van der Waals surface area contributed by atoms with Gasteiger partial charge in [0.2, 0.25) is 5.91 Å². The number of amides is 3. The lowest BCUT2D eigenvalue weighted by molar-refractivity contribution is -0.120. The molecule has 0 radical (unpaired) electrons. The SMILES string of the molecule is CCCOc1ccc(NC(=O)NCC(=O)NCCC(c2ccccc2)c2ccccc2)cc1OCCC. The van der Waals surface area contributed by atoms with Crippen LogP contribution in [0, 0.1) is 0 Å². The fraction of sp³-hybridized carbons (Fsp3) is 0.333. The maximum absolute atomic E-state index is 12.4. The Labute approximate surface area is 219 Å². The van der Waals surface area contributed by atoms with Gasteiger partial charge in [0.15, 0.2) is 11.5 Å². The molecule has 0 saturated heterocycles. The van der Waals surface area contributed by atoms with E-state index in [1.807, 2.05) is 50.2 Å². The molecular weight excluding hydrogens is 466 g/mol. The highest BCUT2D eigenvalue weighted by atomic mass is 16.5. The van der Waals surface area contributed by atoms with Crippen molar-refractivity contribution < 1.29 is 19.1 Å². The number of hydrogen-bond acceptors (Lipinski definition) is 4. The Kier molecular flexibility index (Phi) is 11.3. The summed E-state index contributed by atoms with van der Waals surface area (Å²) in [5.74, 6) is 1.15. The highest BCUT2D eigenvalue weighted by Gasteiger charge is 2.15. The average molecular weight is 504 g/mol. The molecule has 7 nitrogen and oxygen atoms in total. The minimum absolute atomic E-state index is 0.121. The summed E-state index contributed by atoms with van der Waals surface area (Å²) >= 11 is 0. The summed E-state index contributed by atoms with van der Waals surface area (Å²) in [7, 11) is 0. The van der Waals surface area contributed by atoms with Gasteiger partial charge in [0.1, 0.15) is 0 Å². The van der Waals surface area contributed by atoms with Gasteiger partial charge in [-0.15, -0.1) is 0 Å². The summed E-state index contributed by atoms with van der Waals surface area (Å²) in [4.78, 5) is 24.8. The van der Waals surface area contributed by atoms with Crippen LogP contribution in [0.4, 0.5) is 10.5 Å². The molecule has 0 aromatic heterocycles. The van der Waals surface area contributed by atoms with E-state index in [-0.39, 0.29) is 18.4 Å². The normalized spacial score (nSPS) is 10.6. The lowest BCUT2D eigenvalue weighted by Crippen LogP contribution is -2.39. The van der Waals surface area contributed by atoms with Gasteiger partial charge in [-0.05, 0) is 42.5 Å². The van der Waals surface area contributed by atoms with Crippen molar-refractivity contribution in [3.05, 3.63) is 90.0 Å². The second-order valence-electron chi connectivity index (χ2n) is 8.68. The van der Waals surface area contributed by atoms with Gasteiger partial charge >= 0.3 is 6.03 Å². The Morgan fingerprint density at radius 1 is 0.757 bits per heavy atom. The summed E-state index contributed by atoms with van der Waals surface area (Å²) in [5.41, 5.74) is 2.96. The minimum Gasteiger partial charge on any atom is -0.490 e. The molecular formula is C30H37N3O4. The molecule has 3 amide bonds. The topological polar surface area (TPSA) is 88.7 Å². The Balaban J connectivity index is 1.48. The lowest BCUT2D eigenvalue weighted by Gasteiger charge is -2.18. The number of rotatable bonds is 14. The van der Waals surface area contributed by atoms with Crippen LogP contribution in [0.3, 0.4) is 0 Å². The Morgan fingerprint density at radius 2 is 1.35 bits per heavy atom. The Morgan fingerprint density at radius 3 is 1.95 bits per heavy atom. The molecule has 0 aliphatic heterocycles. The molecule has 0 saturated carbocycles. The van der Waals surface area contributed by atoms with Crippen molar-refractivity contribution in [2.45, 2.75) is 39.0 Å². The van der Waals surface area contributed by atoms with Crippen molar-refractivity contribution in [3.63, 3.8) is 0 Å². The number of carbonyl (C=O) groups is 2. The van der Waals surface area contributed by atoms with E-state index in [0.717, 1.165) is 19.3 Å². The number of anilines is 1. The van der Waals surface area contributed by atoms with Gasteiger partial charge in [-0.25, -0.2) is 4.79 Å². The van der Waals surface area contributed by atoms with E-state index in [0.29, 0.717) is 36.9 Å². The fourth-order valence-corrected chi connectivity index (χ4v) is 3.89. The van der Waals surface area contributed by atoms with Crippen molar-refractivity contribution in [3.8, 4) is 11.5 Å². The first-order chi connectivity index (χ1) is 18.1. The second-order valence-corrected chi connectivity index (χ2v) is 8.68. The number of urea groups is 1. The van der Waals surface area contributed by atoms with Gasteiger partial charge in [-0.2, -0.15) is 0 Å². The largest absolute Gasteiger partial charge is 0.490 e. The van der Waals surface area contributed by atoms with Crippen molar-refractivity contribution in [1.29, 1.82) is 0 Å². The van der Waals surface area contributed by atoms with Crippen LogP contribution in [0.5, 0.6) is 11.5 Å². The van der Waals surface area contributed by atoms with E-state index < -0.39 is 6.03 Å². The molecule has 0 spiro atoms. The lowest BCUT2D eigenvalue weighted by atomic mass is 9.88. The standard InChI is InChI=1S/C30H37N3O4/c1-3-19-36-27-16-15-25(21-28(27)37-20-4-2)33-30(35)32-22-29(34)31-18-17-26(23-11-7-5-8-12-23)24-13-9-6-10-14-24/h5-16,21,26H,3-4,17-20,22H2,1-2H3,(H,31,34)(H2,32,33,35). The minimum atomic E-state index is -0.467. The van der Waals surface area contributed by atoms with Crippen LogP contribution in [0.15, 0.2) is 78.9 Å². The van der Waals surface area contributed by atoms with Gasteiger partial charge < -0.3 is 25.4 Å². The van der Waals surface area contributed by atoms with E-state index in [1.54, 1.807) is 18.2 Å². The van der Waals surface area contributed by atoms with Gasteiger partial charge in [-0.3, -0.25) is 4.79 Å². The first-order valence-electron chi connectivity index (χ1n) is 12.9. The van der Waals surface area contributed by atoms with Crippen LogP contribution in [-0.2, 0) is 4.79 Å². The quantitative estimate of drug-likeness (QED) is 0.262. The van der Waals surface area contributed by atoms with Crippen LogP contribution in [0.2, 0.25) is 0 Å². The molecule has 3 rings (SSSR count). The van der Waals surface area contributed by atoms with Crippen molar-refractivity contribution in [1.82, 2.24) is 10.6 Å². The predicted molar refractivity (Wildman–Crippen MR) is 147 cm³/mol. The maximum atomic E-state index is 12.4. The van der Waals surface area contributed by atoms with Crippen LogP contribution < -0.4 is 25.4 Å². The van der Waals surface area contributed by atoms with Gasteiger partial charge in [-0.1, -0.05) is 74.5 Å². The molecule has 7 heteroatoms. The first kappa shape index (κ1) is 27.6. The number of hydrogen-bond donors (Lipinski definition) is 3. The van der Waals surface area contributed by atoms with E-state index in [1.165, 1.54) is 11.1 Å². The van der Waals surface area contributed by atoms with E-state index in [4.69, 9.17) is 9.47 Å². The summed E-state index contributed by atoms with van der Waals surface area (Å²) in [6, 6.07) is 25.3. The maximum Gasteiger partial charge on any atom is 0.319 e. The van der Waals surface area contributed by atoms with Crippen LogP contribution in [0.1, 0.15) is 50.2 Å². The molecule has 0 unspecified atom stereocenters. The Hall–Kier alpha value is -4.00. The van der Waals surface area contributed by atoms with Crippen molar-refractivity contribution >= 4 is 17.6 Å². The summed E-state index contributed by atoms with van der Waals surface area (Å²) in [6.07, 6.45) is 2.49. The monoisotopic (exact) mass is 503 g/mol. The van der Waals surface area contributed by atoms with Crippen molar-refractivity contribution in [2.75, 3.05) is 31.6 Å². The molecule has 0 fully saturated rings. The molecule has 3 aromatic carbocycles. The molecule has 0 aliphatic rings. The summed E-state index contributed by atoms with van der Waals surface area (Å²) in [5, 5.41) is 8.27. The van der Waals surface area contributed by atoms with Crippen LogP contribution >= 0.6 is 0 Å². The highest BCUT2D eigenvalue weighted by molar-refractivity contribution is 5.92. The molecule has 196 valence electrons. The summed E-state index contributed by atoms with van der Waals surface area (Å²) < 4.78 is 11.5. The third-order valence-corrected chi connectivity index (χ3v) is 5.69. The smallest absolute Gasteiger partial charge is 0.319 e. The second kappa shape index (κ2) is 15.2. The zero-order valence-corrected chi connectivity index (χ0v) is 21.7. The first-order valence-corrected chi connectivity index (χ1v) is 12.9. The van der Waals surface area contributed by atoms with Gasteiger partial charge in [0.25, 0.3) is 0 Å². The van der Waals surface area contributed by atoms with E-state index in [9.17, 15) is 9.59 Å². The number of carbonyl (C=O) groups excluding carboxylic acids is 2. The molecule has 0 aliphatic carbocycles. The molecule has 37 heavy (non-hydrogen) atoms. The molecule has 0 atom stereocenters. The Bertz CT molecular complexity index is 1070. The van der Waals surface area contributed by atoms with E-state index in [2.05, 4.69) is 40.2 Å². The molecule has 3 aromatic rings. The fourth-order valence-electron chi connectivity index (χ4n) is 3.89. The zero-order valence-electron chi connectivity index (χ0n) is 21.7. The summed E-state index contributed by atoms with van der Waals surface area (Å²) in [6.45, 7) is 5.57. The highest BCUT2D eigenvalue weighted by Crippen LogP contribution is 2.31. The van der Waals surface area contributed by atoms with E-state index >= 15 is 0 Å². The average Bonchev–Trinajstić information content (AvgIpc) is 2.93. The van der Waals surface area contributed by atoms with Crippen LogP contribution in [-0.4, -0.2) is 38.2 Å². The number of ether oxygens (including phenoxy) is 2. The van der Waals surface area contributed by atoms with Gasteiger partial charge in [0.05, 0.1) is 19.8 Å². The predicted octanol–water partition coefficient (Wildman–Crippen LogP) is 5.72. The molecule has 0 bridgehead atoms. The number of nitrogens with one attached hydrogen (secondary N) is 3.